The van der Waals surface area contributed by atoms with E-state index >= 15 is 0 Å². The maximum Gasteiger partial charge on any atom is 0.321 e. The molecule has 0 saturated heterocycles. The van der Waals surface area contributed by atoms with Crippen molar-refractivity contribution in [1.29, 1.82) is 0 Å². The molecule has 15 heavy (non-hydrogen) atoms. The van der Waals surface area contributed by atoms with Gasteiger partial charge in [0, 0.05) is 19.3 Å². The Balaban J connectivity index is 2.37. The Bertz CT molecular complexity index is 404. The summed E-state index contributed by atoms with van der Waals surface area (Å²) in [6.45, 7) is 2.58. The molecule has 1 aliphatic rings. The fraction of sp³-hybridized carbons (Fsp3) is 0.364. The molecule has 0 bridgehead atoms. The van der Waals surface area contributed by atoms with Gasteiger partial charge in [0.2, 0.25) is 0 Å². The van der Waals surface area contributed by atoms with E-state index < -0.39 is 0 Å². The zero-order chi connectivity index (χ0) is 11.0. The lowest BCUT2D eigenvalue weighted by atomic mass is 10.0. The van der Waals surface area contributed by atoms with Crippen molar-refractivity contribution in [3.8, 4) is 0 Å². The van der Waals surface area contributed by atoms with Gasteiger partial charge in [0.1, 0.15) is 0 Å². The van der Waals surface area contributed by atoms with Crippen LogP contribution in [-0.4, -0.2) is 18.0 Å². The first-order valence-electron chi connectivity index (χ1n) is 4.87. The SMILES string of the molecule is CC(Cl)c1ccc2c(c1)CN(C)C(=O)N2. The van der Waals surface area contributed by atoms with Crippen molar-refractivity contribution in [2.75, 3.05) is 12.4 Å². The molecule has 1 aliphatic heterocycles. The van der Waals surface area contributed by atoms with E-state index in [2.05, 4.69) is 5.32 Å². The van der Waals surface area contributed by atoms with E-state index in [1.165, 1.54) is 0 Å². The fourth-order valence-electron chi connectivity index (χ4n) is 1.65. The smallest absolute Gasteiger partial charge is 0.321 e. The van der Waals surface area contributed by atoms with Crippen molar-refractivity contribution in [2.45, 2.75) is 18.8 Å². The lowest BCUT2D eigenvalue weighted by molar-refractivity contribution is 0.218. The van der Waals surface area contributed by atoms with Crippen molar-refractivity contribution in [3.63, 3.8) is 0 Å². The van der Waals surface area contributed by atoms with Gasteiger partial charge in [-0.3, -0.25) is 0 Å². The van der Waals surface area contributed by atoms with E-state index in [1.807, 2.05) is 25.1 Å². The van der Waals surface area contributed by atoms with E-state index in [9.17, 15) is 4.79 Å². The monoisotopic (exact) mass is 224 g/mol. The topological polar surface area (TPSA) is 32.3 Å². The van der Waals surface area contributed by atoms with Gasteiger partial charge in [0.05, 0.1) is 5.38 Å². The minimum atomic E-state index is -0.0610. The van der Waals surface area contributed by atoms with Crippen LogP contribution in [0.4, 0.5) is 10.5 Å². The number of carbonyl (C=O) groups is 1. The van der Waals surface area contributed by atoms with E-state index in [0.717, 1.165) is 16.8 Å². The van der Waals surface area contributed by atoms with Gasteiger partial charge in [-0.15, -0.1) is 11.6 Å². The zero-order valence-corrected chi connectivity index (χ0v) is 9.51. The molecule has 4 heteroatoms. The number of urea groups is 1. The van der Waals surface area contributed by atoms with Crippen molar-refractivity contribution in [2.24, 2.45) is 0 Å². The number of alkyl halides is 1. The Hall–Kier alpha value is -1.22. The van der Waals surface area contributed by atoms with Gasteiger partial charge in [-0.2, -0.15) is 0 Å². The van der Waals surface area contributed by atoms with E-state index in [0.29, 0.717) is 6.54 Å². The number of anilines is 1. The second-order valence-corrected chi connectivity index (χ2v) is 4.47. The van der Waals surface area contributed by atoms with Crippen LogP contribution in [0.2, 0.25) is 0 Å². The molecule has 2 rings (SSSR count). The molecule has 0 fully saturated rings. The van der Waals surface area contributed by atoms with Gasteiger partial charge in [0.15, 0.2) is 0 Å². The molecule has 0 radical (unpaired) electrons. The molecule has 0 spiro atoms. The molecular formula is C11H13ClN2O. The van der Waals surface area contributed by atoms with Crippen LogP contribution in [0, 0.1) is 0 Å². The maximum absolute atomic E-state index is 11.4. The first-order chi connectivity index (χ1) is 7.08. The van der Waals surface area contributed by atoms with Crippen molar-refractivity contribution < 1.29 is 4.79 Å². The summed E-state index contributed by atoms with van der Waals surface area (Å²) in [5.41, 5.74) is 3.08. The third kappa shape index (κ3) is 1.92. The summed E-state index contributed by atoms with van der Waals surface area (Å²) in [4.78, 5) is 13.0. The molecule has 1 aromatic carbocycles. The normalized spacial score (nSPS) is 17.0. The summed E-state index contributed by atoms with van der Waals surface area (Å²) in [5.74, 6) is 0. The van der Waals surface area contributed by atoms with Gasteiger partial charge >= 0.3 is 6.03 Å². The molecule has 0 aliphatic carbocycles. The number of fused-ring (bicyclic) bond motifs is 1. The molecule has 1 unspecified atom stereocenters. The highest BCUT2D eigenvalue weighted by Gasteiger charge is 2.19. The van der Waals surface area contributed by atoms with E-state index in [4.69, 9.17) is 11.6 Å². The predicted octanol–water partition coefficient (Wildman–Crippen LogP) is 2.96. The second-order valence-electron chi connectivity index (χ2n) is 3.82. The highest BCUT2D eigenvalue weighted by Crippen LogP contribution is 2.28. The van der Waals surface area contributed by atoms with Crippen molar-refractivity contribution >= 4 is 23.3 Å². The van der Waals surface area contributed by atoms with Gasteiger partial charge in [0.25, 0.3) is 0 Å². The average Bonchev–Trinajstić information content (AvgIpc) is 2.19. The van der Waals surface area contributed by atoms with Crippen LogP contribution in [0.15, 0.2) is 18.2 Å². The number of halogens is 1. The molecule has 2 amide bonds. The molecule has 3 nitrogen and oxygen atoms in total. The van der Waals surface area contributed by atoms with Gasteiger partial charge in [-0.1, -0.05) is 12.1 Å². The van der Waals surface area contributed by atoms with Crippen molar-refractivity contribution in [3.05, 3.63) is 29.3 Å². The largest absolute Gasteiger partial charge is 0.323 e. The number of nitrogens with zero attached hydrogens (tertiary/aromatic N) is 1. The Morgan fingerprint density at radius 2 is 2.27 bits per heavy atom. The third-order valence-corrected chi connectivity index (χ3v) is 2.84. The van der Waals surface area contributed by atoms with Crippen LogP contribution in [-0.2, 0) is 6.54 Å². The first kappa shape index (κ1) is 10.3. The maximum atomic E-state index is 11.4. The van der Waals surface area contributed by atoms with E-state index in [-0.39, 0.29) is 11.4 Å². The Morgan fingerprint density at radius 3 is 2.93 bits per heavy atom. The highest BCUT2D eigenvalue weighted by molar-refractivity contribution is 6.20. The molecule has 80 valence electrons. The van der Waals surface area contributed by atoms with Crippen LogP contribution < -0.4 is 5.32 Å². The van der Waals surface area contributed by atoms with E-state index in [1.54, 1.807) is 11.9 Å². The van der Waals surface area contributed by atoms with Crippen LogP contribution in [0.1, 0.15) is 23.4 Å². The average molecular weight is 225 g/mol. The quantitative estimate of drug-likeness (QED) is 0.731. The number of hydrogen-bond acceptors (Lipinski definition) is 1. The van der Waals surface area contributed by atoms with Crippen LogP contribution in [0.5, 0.6) is 0 Å². The number of rotatable bonds is 1. The third-order valence-electron chi connectivity index (χ3n) is 2.58. The minimum Gasteiger partial charge on any atom is -0.323 e. The fourth-order valence-corrected chi connectivity index (χ4v) is 1.79. The van der Waals surface area contributed by atoms with Gasteiger partial charge in [-0.25, -0.2) is 4.79 Å². The Kier molecular flexibility index (Phi) is 2.57. The summed E-state index contributed by atoms with van der Waals surface area (Å²) in [6.07, 6.45) is 0. The summed E-state index contributed by atoms with van der Waals surface area (Å²) in [7, 11) is 1.77. The minimum absolute atomic E-state index is 0.00164. The molecular weight excluding hydrogens is 212 g/mol. The molecule has 0 aromatic heterocycles. The molecule has 1 N–H and O–H groups in total. The number of benzene rings is 1. The van der Waals surface area contributed by atoms with Gasteiger partial charge < -0.3 is 10.2 Å². The number of carbonyl (C=O) groups excluding carboxylic acids is 1. The number of amides is 2. The first-order valence-corrected chi connectivity index (χ1v) is 5.30. The second kappa shape index (κ2) is 3.74. The van der Waals surface area contributed by atoms with Crippen LogP contribution in [0.3, 0.4) is 0 Å². The lowest BCUT2D eigenvalue weighted by Crippen LogP contribution is -2.35. The van der Waals surface area contributed by atoms with Crippen LogP contribution in [0.25, 0.3) is 0 Å². The number of nitrogens with one attached hydrogen (secondary N) is 1. The van der Waals surface area contributed by atoms with Crippen molar-refractivity contribution in [1.82, 2.24) is 4.90 Å². The molecule has 1 atom stereocenters. The summed E-state index contributed by atoms with van der Waals surface area (Å²) in [5, 5.41) is 2.82. The zero-order valence-electron chi connectivity index (χ0n) is 8.75. The Morgan fingerprint density at radius 1 is 1.53 bits per heavy atom. The molecule has 1 aromatic rings. The molecule has 1 heterocycles. The summed E-state index contributed by atoms with van der Waals surface area (Å²) >= 11 is 6.01. The predicted molar refractivity (Wildman–Crippen MR) is 61.2 cm³/mol. The Labute approximate surface area is 94.0 Å². The highest BCUT2D eigenvalue weighted by atomic mass is 35.5. The lowest BCUT2D eigenvalue weighted by Gasteiger charge is -2.26. The van der Waals surface area contributed by atoms with Crippen LogP contribution >= 0.6 is 11.6 Å². The molecule has 0 saturated carbocycles. The summed E-state index contributed by atoms with van der Waals surface area (Å²) in [6, 6.07) is 5.84. The summed E-state index contributed by atoms with van der Waals surface area (Å²) < 4.78 is 0. The number of hydrogen-bond donors (Lipinski definition) is 1. The van der Waals surface area contributed by atoms with Gasteiger partial charge in [-0.05, 0) is 24.1 Å². The standard InChI is InChI=1S/C11H13ClN2O/c1-7(12)8-3-4-10-9(5-8)6-14(2)11(15)13-10/h3-5,7H,6H2,1-2H3,(H,13,15).